The zero-order valence-electron chi connectivity index (χ0n) is 17.6. The lowest BCUT2D eigenvalue weighted by atomic mass is 10.1. The lowest BCUT2D eigenvalue weighted by molar-refractivity contribution is -0.137. The van der Waals surface area contributed by atoms with E-state index >= 15 is 0 Å². The Balaban J connectivity index is 1.73. The molecule has 0 radical (unpaired) electrons. The Morgan fingerprint density at radius 2 is 1.97 bits per heavy atom. The number of aromatic nitrogens is 1. The number of aliphatic imine (C=N–C) groups is 1. The average molecular weight is 459 g/mol. The number of rotatable bonds is 4. The molecule has 0 unspecified atom stereocenters. The van der Waals surface area contributed by atoms with E-state index in [0.29, 0.717) is 27.8 Å². The summed E-state index contributed by atoms with van der Waals surface area (Å²) in [6.45, 7) is 5.55. The molecule has 0 aliphatic carbocycles. The molecule has 2 aliphatic heterocycles. The highest BCUT2D eigenvalue weighted by Gasteiger charge is 2.35. The molecule has 0 spiro atoms. The van der Waals surface area contributed by atoms with Crippen molar-refractivity contribution in [3.63, 3.8) is 0 Å². The van der Waals surface area contributed by atoms with Crippen LogP contribution < -0.4 is 0 Å². The first kappa shape index (κ1) is 22.1. The molecule has 2 aliphatic rings. The SMILES string of the molecule is CCCC1=NN2C(=N)/C(=C\c3cc(C)n(-c4cccc(C(F)(F)F)c4)c3C)C(=O)N=C2S1. The van der Waals surface area contributed by atoms with Gasteiger partial charge in [-0.1, -0.05) is 13.0 Å². The molecular formula is C22H20F3N5OS. The fourth-order valence-corrected chi connectivity index (χ4v) is 4.64. The topological polar surface area (TPSA) is 73.8 Å². The maximum absolute atomic E-state index is 13.2. The van der Waals surface area contributed by atoms with Crippen LogP contribution in [-0.2, 0) is 11.0 Å². The smallest absolute Gasteiger partial charge is 0.318 e. The summed E-state index contributed by atoms with van der Waals surface area (Å²) < 4.78 is 41.2. The van der Waals surface area contributed by atoms with Crippen LogP contribution in [0.15, 0.2) is 46.0 Å². The predicted octanol–water partition coefficient (Wildman–Crippen LogP) is 5.53. The van der Waals surface area contributed by atoms with Crippen molar-refractivity contribution < 1.29 is 18.0 Å². The molecule has 0 bridgehead atoms. The van der Waals surface area contributed by atoms with Crippen molar-refractivity contribution in [3.05, 3.63) is 58.4 Å². The molecule has 0 atom stereocenters. The second-order valence-electron chi connectivity index (χ2n) is 7.47. The normalized spacial score (nSPS) is 17.7. The Morgan fingerprint density at radius 1 is 1.22 bits per heavy atom. The van der Waals surface area contributed by atoms with Crippen molar-refractivity contribution >= 4 is 39.8 Å². The summed E-state index contributed by atoms with van der Waals surface area (Å²) in [4.78, 5) is 16.7. The molecule has 2 aromatic rings. The van der Waals surface area contributed by atoms with E-state index in [1.54, 1.807) is 36.6 Å². The van der Waals surface area contributed by atoms with Gasteiger partial charge in [-0.15, -0.1) is 0 Å². The van der Waals surface area contributed by atoms with Gasteiger partial charge in [0.05, 0.1) is 11.1 Å². The van der Waals surface area contributed by atoms with Crippen LogP contribution in [0.2, 0.25) is 0 Å². The Labute approximate surface area is 187 Å². The molecule has 1 aromatic heterocycles. The predicted molar refractivity (Wildman–Crippen MR) is 120 cm³/mol. The largest absolute Gasteiger partial charge is 0.416 e. The molecule has 4 rings (SSSR count). The molecular weight excluding hydrogens is 439 g/mol. The van der Waals surface area contributed by atoms with Crippen molar-refractivity contribution in [1.82, 2.24) is 9.58 Å². The quantitative estimate of drug-likeness (QED) is 0.611. The van der Waals surface area contributed by atoms with Gasteiger partial charge < -0.3 is 4.57 Å². The van der Waals surface area contributed by atoms with Gasteiger partial charge in [0.1, 0.15) is 5.04 Å². The number of nitrogens with one attached hydrogen (secondary N) is 1. The summed E-state index contributed by atoms with van der Waals surface area (Å²) in [5.74, 6) is -0.604. The van der Waals surface area contributed by atoms with E-state index in [2.05, 4.69) is 10.1 Å². The number of hydrogen-bond acceptors (Lipinski definition) is 4. The van der Waals surface area contributed by atoms with Crippen LogP contribution in [-0.4, -0.2) is 31.5 Å². The molecule has 0 saturated carbocycles. The maximum atomic E-state index is 13.2. The number of aryl methyl sites for hydroxylation is 1. The van der Waals surface area contributed by atoms with E-state index in [4.69, 9.17) is 5.41 Å². The first-order chi connectivity index (χ1) is 15.1. The van der Waals surface area contributed by atoms with Crippen molar-refractivity contribution in [2.75, 3.05) is 0 Å². The number of amidine groups is 2. The van der Waals surface area contributed by atoms with Crippen molar-refractivity contribution in [2.45, 2.75) is 39.8 Å². The van der Waals surface area contributed by atoms with Crippen molar-refractivity contribution in [3.8, 4) is 5.69 Å². The number of benzene rings is 1. The van der Waals surface area contributed by atoms with E-state index in [-0.39, 0.29) is 11.4 Å². The van der Waals surface area contributed by atoms with Crippen LogP contribution in [0.4, 0.5) is 13.2 Å². The number of carbonyl (C=O) groups excluding carboxylic acids is 1. The summed E-state index contributed by atoms with van der Waals surface area (Å²) in [6.07, 6.45) is -1.27. The number of fused-ring (bicyclic) bond motifs is 1. The third-order valence-electron chi connectivity index (χ3n) is 5.16. The van der Waals surface area contributed by atoms with Crippen LogP contribution in [0, 0.1) is 19.3 Å². The summed E-state index contributed by atoms with van der Waals surface area (Å²) in [6, 6.07) is 6.85. The van der Waals surface area contributed by atoms with Crippen LogP contribution in [0.25, 0.3) is 11.8 Å². The van der Waals surface area contributed by atoms with Crippen molar-refractivity contribution in [2.24, 2.45) is 10.1 Å². The monoisotopic (exact) mass is 459 g/mol. The molecule has 10 heteroatoms. The standard InChI is InChI=1S/C22H20F3N5OS/c1-4-6-18-28-30-19(26)17(20(31)27-21(30)32-18)10-14-9-12(2)29(13(14)3)16-8-5-7-15(11-16)22(23,24)25/h5,7-11,26H,4,6H2,1-3H3/b17-10+,26-19?. The Kier molecular flexibility index (Phi) is 5.58. The number of thioether (sulfide) groups is 1. The first-order valence-corrected chi connectivity index (χ1v) is 10.8. The molecule has 6 nitrogen and oxygen atoms in total. The number of carbonyl (C=O) groups is 1. The van der Waals surface area contributed by atoms with Crippen LogP contribution in [0.5, 0.6) is 0 Å². The molecule has 1 N–H and O–H groups in total. The molecule has 3 heterocycles. The molecule has 0 fully saturated rings. The van der Waals surface area contributed by atoms with Gasteiger partial charge in [0.2, 0.25) is 5.17 Å². The lowest BCUT2D eigenvalue weighted by Gasteiger charge is -2.20. The van der Waals surface area contributed by atoms with Crippen LogP contribution in [0.3, 0.4) is 0 Å². The van der Waals surface area contributed by atoms with Crippen LogP contribution >= 0.6 is 11.8 Å². The maximum Gasteiger partial charge on any atom is 0.416 e. The zero-order chi connectivity index (χ0) is 23.2. The Hall–Kier alpha value is -3.14. The number of halogens is 3. The summed E-state index contributed by atoms with van der Waals surface area (Å²) >= 11 is 1.29. The second kappa shape index (κ2) is 8.09. The molecule has 1 amide bonds. The average Bonchev–Trinajstić information content (AvgIpc) is 3.25. The Bertz CT molecular complexity index is 1220. The van der Waals surface area contributed by atoms with Gasteiger partial charge in [0.25, 0.3) is 5.91 Å². The summed E-state index contributed by atoms with van der Waals surface area (Å²) in [5, 5.41) is 15.4. The fraction of sp³-hybridized carbons (Fsp3) is 0.273. The van der Waals surface area contributed by atoms with E-state index in [1.807, 2.05) is 6.92 Å². The van der Waals surface area contributed by atoms with E-state index in [9.17, 15) is 18.0 Å². The van der Waals surface area contributed by atoms with E-state index < -0.39 is 17.6 Å². The lowest BCUT2D eigenvalue weighted by Crippen LogP contribution is -2.35. The molecule has 32 heavy (non-hydrogen) atoms. The third-order valence-corrected chi connectivity index (χ3v) is 6.13. The van der Waals surface area contributed by atoms with E-state index in [0.717, 1.165) is 30.0 Å². The number of hydrazone groups is 1. The number of alkyl halides is 3. The third kappa shape index (κ3) is 3.90. The highest BCUT2D eigenvalue weighted by molar-refractivity contribution is 8.26. The minimum Gasteiger partial charge on any atom is -0.318 e. The van der Waals surface area contributed by atoms with Gasteiger partial charge in [-0.2, -0.15) is 28.3 Å². The zero-order valence-corrected chi connectivity index (χ0v) is 18.4. The highest BCUT2D eigenvalue weighted by Crippen LogP contribution is 2.33. The molecule has 1 aromatic carbocycles. The minimum atomic E-state index is -4.44. The van der Waals surface area contributed by atoms with Gasteiger partial charge in [-0.3, -0.25) is 10.2 Å². The summed E-state index contributed by atoms with van der Waals surface area (Å²) in [7, 11) is 0. The number of nitrogens with zero attached hydrogens (tertiary/aromatic N) is 4. The number of hydrogen-bond donors (Lipinski definition) is 1. The van der Waals surface area contributed by atoms with E-state index in [1.165, 1.54) is 22.8 Å². The fourth-order valence-electron chi connectivity index (χ4n) is 3.65. The van der Waals surface area contributed by atoms with Gasteiger partial charge in [0, 0.05) is 17.1 Å². The second-order valence-corrected chi connectivity index (χ2v) is 8.51. The van der Waals surface area contributed by atoms with Gasteiger partial charge in [-0.25, -0.2) is 0 Å². The summed E-state index contributed by atoms with van der Waals surface area (Å²) in [5.41, 5.74) is 1.69. The highest BCUT2D eigenvalue weighted by atomic mass is 32.2. The minimum absolute atomic E-state index is 0.0672. The van der Waals surface area contributed by atoms with Crippen molar-refractivity contribution in [1.29, 1.82) is 5.41 Å². The first-order valence-electron chi connectivity index (χ1n) is 9.95. The van der Waals surface area contributed by atoms with Gasteiger partial charge in [-0.05, 0) is 74.4 Å². The van der Waals surface area contributed by atoms with Gasteiger partial charge in [0.15, 0.2) is 5.84 Å². The number of amides is 1. The van der Waals surface area contributed by atoms with Crippen LogP contribution in [0.1, 0.15) is 42.3 Å². The molecule has 166 valence electrons. The Morgan fingerprint density at radius 3 is 2.66 bits per heavy atom. The molecule has 0 saturated heterocycles. The van der Waals surface area contributed by atoms with Gasteiger partial charge >= 0.3 is 6.18 Å².